The molecule has 0 saturated heterocycles. The van der Waals surface area contributed by atoms with E-state index in [9.17, 15) is 4.79 Å². The average Bonchev–Trinajstić information content (AvgIpc) is 2.27. The summed E-state index contributed by atoms with van der Waals surface area (Å²) in [6, 6.07) is 9.09. The maximum atomic E-state index is 11.5. The third-order valence-electron chi connectivity index (χ3n) is 1.88. The molecule has 0 unspecified atom stereocenters. The Hall–Kier alpha value is -2.03. The second kappa shape index (κ2) is 6.45. The number of nitrogens with one attached hydrogen (secondary N) is 2. The minimum Gasteiger partial charge on any atom is -0.312 e. The van der Waals surface area contributed by atoms with Crippen molar-refractivity contribution in [2.24, 2.45) is 0 Å². The molecule has 2 amide bonds. The molecule has 2 N–H and O–H groups in total. The van der Waals surface area contributed by atoms with Gasteiger partial charge in [0.15, 0.2) is 0 Å². The summed E-state index contributed by atoms with van der Waals surface area (Å²) in [5.41, 5.74) is 1.57. The number of para-hydroxylation sites is 1. The van der Waals surface area contributed by atoms with Crippen molar-refractivity contribution < 1.29 is 4.79 Å². The Bertz CT molecular complexity index is 394. The van der Waals surface area contributed by atoms with Crippen molar-refractivity contribution in [1.29, 1.82) is 0 Å². The summed E-state index contributed by atoms with van der Waals surface area (Å²) >= 11 is 0. The first-order chi connectivity index (χ1) is 7.72. The Morgan fingerprint density at radius 2 is 1.94 bits per heavy atom. The Morgan fingerprint density at radius 3 is 2.56 bits per heavy atom. The second-order valence-corrected chi connectivity index (χ2v) is 3.32. The number of amides is 2. The third-order valence-corrected chi connectivity index (χ3v) is 1.88. The van der Waals surface area contributed by atoms with Crippen LogP contribution in [-0.2, 0) is 0 Å². The van der Waals surface area contributed by atoms with Gasteiger partial charge in [0.1, 0.15) is 0 Å². The van der Waals surface area contributed by atoms with Crippen molar-refractivity contribution in [3.05, 3.63) is 54.3 Å². The molecule has 0 radical (unpaired) electrons. The van der Waals surface area contributed by atoms with Gasteiger partial charge in [-0.15, -0.1) is 0 Å². The van der Waals surface area contributed by atoms with E-state index >= 15 is 0 Å². The van der Waals surface area contributed by atoms with Crippen LogP contribution in [-0.4, -0.2) is 6.03 Å². The van der Waals surface area contributed by atoms with Crippen molar-refractivity contribution in [2.45, 2.75) is 13.8 Å². The predicted octanol–water partition coefficient (Wildman–Crippen LogP) is 3.29. The van der Waals surface area contributed by atoms with Gasteiger partial charge in [0.2, 0.25) is 0 Å². The Kier molecular flexibility index (Phi) is 4.86. The van der Waals surface area contributed by atoms with Crippen LogP contribution in [0.1, 0.15) is 13.8 Å². The maximum absolute atomic E-state index is 11.5. The molecule has 0 saturated carbocycles. The quantitative estimate of drug-likeness (QED) is 0.748. The van der Waals surface area contributed by atoms with E-state index in [1.165, 1.54) is 0 Å². The number of anilines is 1. The Balaban J connectivity index is 2.48. The van der Waals surface area contributed by atoms with E-state index < -0.39 is 0 Å². The zero-order valence-electron chi connectivity index (χ0n) is 9.53. The van der Waals surface area contributed by atoms with E-state index in [1.807, 2.05) is 62.4 Å². The van der Waals surface area contributed by atoms with Crippen molar-refractivity contribution in [3.8, 4) is 0 Å². The minimum absolute atomic E-state index is 0.232. The van der Waals surface area contributed by atoms with Crippen LogP contribution >= 0.6 is 0 Å². The average molecular weight is 216 g/mol. The standard InChI is InChI=1S/C13H16N2O/c1-3-4-8-11(2)14-13(16)15-12-9-6-5-7-10-12/h3-10H,1-2H3,(H2,14,15,16)/b4-3-,11-8+. The number of carbonyl (C=O) groups excluding carboxylic acids is 1. The van der Waals surface area contributed by atoms with E-state index in [-0.39, 0.29) is 6.03 Å². The van der Waals surface area contributed by atoms with Gasteiger partial charge in [0, 0.05) is 11.4 Å². The molecule has 3 heteroatoms. The number of rotatable bonds is 3. The first-order valence-corrected chi connectivity index (χ1v) is 5.15. The van der Waals surface area contributed by atoms with E-state index in [1.54, 1.807) is 0 Å². The highest BCUT2D eigenvalue weighted by Crippen LogP contribution is 2.04. The lowest BCUT2D eigenvalue weighted by Gasteiger charge is -2.06. The van der Waals surface area contributed by atoms with Crippen LogP contribution in [0.15, 0.2) is 54.3 Å². The molecule has 0 spiro atoms. The molecule has 0 atom stereocenters. The fraction of sp³-hybridized carbons (Fsp3) is 0.154. The van der Waals surface area contributed by atoms with Gasteiger partial charge < -0.3 is 10.6 Å². The summed E-state index contributed by atoms with van der Waals surface area (Å²) in [6.45, 7) is 3.76. The SMILES string of the molecule is C/C=C\C=C(/C)NC(=O)Nc1ccccc1. The molecule has 1 aromatic carbocycles. The molecule has 0 aromatic heterocycles. The molecule has 3 nitrogen and oxygen atoms in total. The number of hydrogen-bond donors (Lipinski definition) is 2. The summed E-state index contributed by atoms with van der Waals surface area (Å²) in [4.78, 5) is 11.5. The van der Waals surface area contributed by atoms with Crippen molar-refractivity contribution >= 4 is 11.7 Å². The van der Waals surface area contributed by atoms with Crippen LogP contribution in [0.2, 0.25) is 0 Å². The highest BCUT2D eigenvalue weighted by Gasteiger charge is 1.99. The summed E-state index contributed by atoms with van der Waals surface area (Å²) in [5.74, 6) is 0. The molecule has 0 aliphatic rings. The number of carbonyl (C=O) groups is 1. The molecule has 1 rings (SSSR count). The monoisotopic (exact) mass is 216 g/mol. The molecule has 0 fully saturated rings. The predicted molar refractivity (Wildman–Crippen MR) is 67.2 cm³/mol. The zero-order valence-corrected chi connectivity index (χ0v) is 9.53. The third kappa shape index (κ3) is 4.46. The zero-order chi connectivity index (χ0) is 11.8. The smallest absolute Gasteiger partial charge is 0.312 e. The van der Waals surface area contributed by atoms with Crippen molar-refractivity contribution in [3.63, 3.8) is 0 Å². The van der Waals surface area contributed by atoms with E-state index in [0.29, 0.717) is 0 Å². The van der Waals surface area contributed by atoms with E-state index in [4.69, 9.17) is 0 Å². The molecule has 0 bridgehead atoms. The highest BCUT2D eigenvalue weighted by molar-refractivity contribution is 5.90. The lowest BCUT2D eigenvalue weighted by atomic mass is 10.3. The van der Waals surface area contributed by atoms with Gasteiger partial charge in [-0.05, 0) is 32.1 Å². The van der Waals surface area contributed by atoms with Gasteiger partial charge in [-0.2, -0.15) is 0 Å². The lowest BCUT2D eigenvalue weighted by Crippen LogP contribution is -2.26. The van der Waals surface area contributed by atoms with Crippen LogP contribution in [0, 0.1) is 0 Å². The van der Waals surface area contributed by atoms with Crippen LogP contribution in [0.4, 0.5) is 10.5 Å². The molecular formula is C13H16N2O. The minimum atomic E-state index is -0.232. The van der Waals surface area contributed by atoms with Gasteiger partial charge in [-0.1, -0.05) is 30.4 Å². The topological polar surface area (TPSA) is 41.1 Å². The Morgan fingerprint density at radius 1 is 1.25 bits per heavy atom. The second-order valence-electron chi connectivity index (χ2n) is 3.32. The van der Waals surface area contributed by atoms with Crippen molar-refractivity contribution in [2.75, 3.05) is 5.32 Å². The summed E-state index contributed by atoms with van der Waals surface area (Å²) in [7, 11) is 0. The molecule has 0 aliphatic carbocycles. The van der Waals surface area contributed by atoms with Crippen LogP contribution < -0.4 is 10.6 Å². The van der Waals surface area contributed by atoms with Gasteiger partial charge in [-0.3, -0.25) is 0 Å². The van der Waals surface area contributed by atoms with Gasteiger partial charge >= 0.3 is 6.03 Å². The van der Waals surface area contributed by atoms with Crippen LogP contribution in [0.5, 0.6) is 0 Å². The summed E-state index contributed by atoms with van der Waals surface area (Å²) in [6.07, 6.45) is 5.61. The molecule has 84 valence electrons. The number of allylic oxidation sites excluding steroid dienone is 4. The molecule has 16 heavy (non-hydrogen) atoms. The fourth-order valence-corrected chi connectivity index (χ4v) is 1.15. The number of benzene rings is 1. The largest absolute Gasteiger partial charge is 0.323 e. The normalized spacial score (nSPS) is 11.5. The van der Waals surface area contributed by atoms with Gasteiger partial charge in [-0.25, -0.2) is 4.79 Å². The first-order valence-electron chi connectivity index (χ1n) is 5.15. The highest BCUT2D eigenvalue weighted by atomic mass is 16.2. The van der Waals surface area contributed by atoms with Crippen LogP contribution in [0.25, 0.3) is 0 Å². The first kappa shape index (κ1) is 12.0. The summed E-state index contributed by atoms with van der Waals surface area (Å²) < 4.78 is 0. The molecule has 0 aliphatic heterocycles. The van der Waals surface area contributed by atoms with Gasteiger partial charge in [0.05, 0.1) is 0 Å². The Labute approximate surface area is 95.9 Å². The number of urea groups is 1. The molecular weight excluding hydrogens is 200 g/mol. The van der Waals surface area contributed by atoms with Crippen molar-refractivity contribution in [1.82, 2.24) is 5.32 Å². The van der Waals surface area contributed by atoms with E-state index in [2.05, 4.69) is 10.6 Å². The lowest BCUT2D eigenvalue weighted by molar-refractivity contribution is 0.254. The molecule has 0 heterocycles. The molecule has 1 aromatic rings. The van der Waals surface area contributed by atoms with Crippen LogP contribution in [0.3, 0.4) is 0 Å². The van der Waals surface area contributed by atoms with Gasteiger partial charge in [0.25, 0.3) is 0 Å². The summed E-state index contributed by atoms with van der Waals surface area (Å²) in [5, 5.41) is 5.46. The fourth-order valence-electron chi connectivity index (χ4n) is 1.15. The number of hydrogen-bond acceptors (Lipinski definition) is 1. The van der Waals surface area contributed by atoms with E-state index in [0.717, 1.165) is 11.4 Å². The maximum Gasteiger partial charge on any atom is 0.323 e.